The topological polar surface area (TPSA) is 63.9 Å². The second-order valence-corrected chi connectivity index (χ2v) is 7.30. The van der Waals surface area contributed by atoms with Gasteiger partial charge in [-0.25, -0.2) is 4.99 Å². The molecule has 0 saturated heterocycles. The quantitative estimate of drug-likeness (QED) is 0.435. The zero-order valence-corrected chi connectivity index (χ0v) is 18.4. The fourth-order valence-electron chi connectivity index (χ4n) is 3.43. The molecule has 31 heavy (non-hydrogen) atoms. The first-order valence-electron chi connectivity index (χ1n) is 10.9. The highest BCUT2D eigenvalue weighted by atomic mass is 16.5. The molecule has 1 aliphatic heterocycles. The van der Waals surface area contributed by atoms with Crippen molar-refractivity contribution >= 4 is 11.4 Å². The van der Waals surface area contributed by atoms with Crippen molar-refractivity contribution < 1.29 is 4.74 Å². The van der Waals surface area contributed by atoms with Gasteiger partial charge in [-0.15, -0.1) is 0 Å². The van der Waals surface area contributed by atoms with Crippen LogP contribution in [0.25, 0.3) is 0 Å². The Bertz CT molecular complexity index is 898. The van der Waals surface area contributed by atoms with Gasteiger partial charge < -0.3 is 19.9 Å². The number of nitrogens with one attached hydrogen (secondary N) is 1. The number of rotatable bonds is 11. The summed E-state index contributed by atoms with van der Waals surface area (Å²) in [5.41, 5.74) is 2.87. The number of benzene rings is 2. The molecule has 1 atom stereocenters. The van der Waals surface area contributed by atoms with Crippen LogP contribution < -0.4 is 10.1 Å². The van der Waals surface area contributed by atoms with E-state index in [-0.39, 0.29) is 12.8 Å². The van der Waals surface area contributed by atoms with Gasteiger partial charge in [0, 0.05) is 18.4 Å². The molecule has 6 heteroatoms. The molecule has 0 amide bonds. The van der Waals surface area contributed by atoms with Crippen molar-refractivity contribution in [3.63, 3.8) is 0 Å². The van der Waals surface area contributed by atoms with Gasteiger partial charge >= 0.3 is 0 Å². The van der Waals surface area contributed by atoms with E-state index in [1.165, 1.54) is 0 Å². The van der Waals surface area contributed by atoms with Crippen LogP contribution in [0.3, 0.4) is 0 Å². The summed E-state index contributed by atoms with van der Waals surface area (Å²) in [5, 5.41) is 12.6. The summed E-state index contributed by atoms with van der Waals surface area (Å²) < 4.78 is 5.88. The Morgan fingerprint density at radius 2 is 1.84 bits per heavy atom. The molecule has 1 aliphatic rings. The number of aliphatic imine (C=N–C) groups is 1. The molecular formula is C25H31N5O. The zero-order valence-electron chi connectivity index (χ0n) is 18.4. The van der Waals surface area contributed by atoms with Crippen molar-refractivity contribution in [3.8, 4) is 11.8 Å². The minimum atomic E-state index is -0.347. The lowest BCUT2D eigenvalue weighted by molar-refractivity contribution is 0.249. The van der Waals surface area contributed by atoms with Crippen LogP contribution in [-0.4, -0.2) is 54.6 Å². The molecule has 0 fully saturated rings. The summed E-state index contributed by atoms with van der Waals surface area (Å²) in [7, 11) is 0. The molecule has 0 radical (unpaired) electrons. The van der Waals surface area contributed by atoms with Crippen molar-refractivity contribution in [3.05, 3.63) is 72.4 Å². The molecule has 2 aromatic rings. The smallest absolute Gasteiger partial charge is 0.197 e. The largest absolute Gasteiger partial charge is 0.494 e. The first-order valence-corrected chi connectivity index (χ1v) is 10.9. The molecule has 6 nitrogen and oxygen atoms in total. The molecule has 1 N–H and O–H groups in total. The van der Waals surface area contributed by atoms with Crippen LogP contribution in [0.2, 0.25) is 0 Å². The van der Waals surface area contributed by atoms with E-state index in [1.54, 1.807) is 0 Å². The number of allylic oxidation sites excluding steroid dienone is 1. The molecule has 2 aromatic carbocycles. The minimum Gasteiger partial charge on any atom is -0.494 e. The van der Waals surface area contributed by atoms with Crippen LogP contribution >= 0.6 is 0 Å². The third kappa shape index (κ3) is 6.59. The van der Waals surface area contributed by atoms with Crippen molar-refractivity contribution in [1.82, 2.24) is 9.80 Å². The molecule has 3 rings (SSSR count). The maximum Gasteiger partial charge on any atom is 0.197 e. The summed E-state index contributed by atoms with van der Waals surface area (Å²) in [6.07, 6.45) is 4.53. The summed E-state index contributed by atoms with van der Waals surface area (Å²) in [6.45, 7) is 8.53. The molecule has 1 unspecified atom stereocenters. The van der Waals surface area contributed by atoms with Gasteiger partial charge in [-0.05, 0) is 55.4 Å². The normalized spacial score (nSPS) is 15.5. The van der Waals surface area contributed by atoms with Crippen LogP contribution in [0.1, 0.15) is 25.8 Å². The van der Waals surface area contributed by atoms with Gasteiger partial charge in [-0.2, -0.15) is 5.26 Å². The van der Waals surface area contributed by atoms with E-state index in [9.17, 15) is 0 Å². The maximum atomic E-state index is 9.17. The van der Waals surface area contributed by atoms with Crippen LogP contribution in [0.4, 0.5) is 5.69 Å². The van der Waals surface area contributed by atoms with Crippen LogP contribution in [0, 0.1) is 11.3 Å². The minimum absolute atomic E-state index is 0.257. The van der Waals surface area contributed by atoms with Crippen LogP contribution in [-0.2, 0) is 0 Å². The first-order chi connectivity index (χ1) is 15.2. The predicted octanol–water partition coefficient (Wildman–Crippen LogP) is 4.33. The Morgan fingerprint density at radius 3 is 2.52 bits per heavy atom. The number of hydrogen-bond donors (Lipinski definition) is 1. The highest BCUT2D eigenvalue weighted by Gasteiger charge is 2.19. The lowest BCUT2D eigenvalue weighted by Crippen LogP contribution is -2.39. The number of anilines is 1. The van der Waals surface area contributed by atoms with E-state index in [1.807, 2.05) is 71.8 Å². The van der Waals surface area contributed by atoms with Gasteiger partial charge in [0.15, 0.2) is 6.29 Å². The molecule has 0 bridgehead atoms. The predicted molar refractivity (Wildman–Crippen MR) is 126 cm³/mol. The Labute approximate surface area is 185 Å². The third-order valence-electron chi connectivity index (χ3n) is 5.25. The Balaban J connectivity index is 1.59. The van der Waals surface area contributed by atoms with Gasteiger partial charge in [0.05, 0.1) is 18.4 Å². The summed E-state index contributed by atoms with van der Waals surface area (Å²) in [5.74, 6) is 0.857. The van der Waals surface area contributed by atoms with E-state index < -0.39 is 0 Å². The van der Waals surface area contributed by atoms with Crippen LogP contribution in [0.15, 0.2) is 71.9 Å². The van der Waals surface area contributed by atoms with E-state index in [4.69, 9.17) is 15.0 Å². The van der Waals surface area contributed by atoms with Crippen molar-refractivity contribution in [1.29, 1.82) is 5.26 Å². The Hall–Kier alpha value is -3.30. The Kier molecular flexibility index (Phi) is 8.50. The van der Waals surface area contributed by atoms with Crippen molar-refractivity contribution in [2.75, 3.05) is 38.1 Å². The zero-order chi connectivity index (χ0) is 21.9. The highest BCUT2D eigenvalue weighted by molar-refractivity contribution is 6.09. The fourth-order valence-corrected chi connectivity index (χ4v) is 3.43. The van der Waals surface area contributed by atoms with Gasteiger partial charge in [-0.1, -0.05) is 44.2 Å². The van der Waals surface area contributed by atoms with Crippen molar-refractivity contribution in [2.24, 2.45) is 4.99 Å². The third-order valence-corrected chi connectivity index (χ3v) is 5.25. The summed E-state index contributed by atoms with van der Waals surface area (Å²) >= 11 is 0. The number of hydrogen-bond acceptors (Lipinski definition) is 6. The molecule has 162 valence electrons. The van der Waals surface area contributed by atoms with E-state index in [2.05, 4.69) is 30.1 Å². The average Bonchev–Trinajstić information content (AvgIpc) is 2.82. The van der Waals surface area contributed by atoms with Gasteiger partial charge in [0.2, 0.25) is 0 Å². The molecule has 0 aliphatic carbocycles. The second kappa shape index (κ2) is 11.8. The first kappa shape index (κ1) is 22.4. The number of nitrogens with zero attached hydrogens (tertiary/aromatic N) is 4. The summed E-state index contributed by atoms with van der Waals surface area (Å²) in [6, 6.07) is 20.2. The fraction of sp³-hybridized carbons (Fsp3) is 0.360. The number of nitriles is 1. The summed E-state index contributed by atoms with van der Waals surface area (Å²) in [4.78, 5) is 9.09. The molecule has 0 saturated carbocycles. The Morgan fingerprint density at radius 1 is 1.10 bits per heavy atom. The number of ether oxygens (including phenoxy) is 1. The van der Waals surface area contributed by atoms with Gasteiger partial charge in [-0.3, -0.25) is 0 Å². The van der Waals surface area contributed by atoms with Gasteiger partial charge in [0.25, 0.3) is 0 Å². The highest BCUT2D eigenvalue weighted by Crippen LogP contribution is 2.20. The standard InChI is InChI=1S/C25H31N5O/c1-3-29(4-2)17-8-20-31-23-13-11-22(12-14-23)27-25-28-24(15-18-30(25)19-16-26)21-9-6-5-7-10-21/h5-7,9-15,18,25,27H,3-4,8,17,19-20H2,1-2H3. The molecule has 0 spiro atoms. The average molecular weight is 418 g/mol. The van der Waals surface area contributed by atoms with E-state index in [0.29, 0.717) is 6.61 Å². The maximum absolute atomic E-state index is 9.17. The monoisotopic (exact) mass is 417 g/mol. The SMILES string of the molecule is CCN(CC)CCCOc1ccc(NC2N=C(c3ccccc3)C=CN2CC#N)cc1. The van der Waals surface area contributed by atoms with E-state index >= 15 is 0 Å². The molecular weight excluding hydrogens is 386 g/mol. The van der Waals surface area contributed by atoms with Gasteiger partial charge in [0.1, 0.15) is 12.3 Å². The van der Waals surface area contributed by atoms with E-state index in [0.717, 1.165) is 48.8 Å². The second-order valence-electron chi connectivity index (χ2n) is 7.30. The lowest BCUT2D eigenvalue weighted by Gasteiger charge is -2.30. The molecule has 1 heterocycles. The lowest BCUT2D eigenvalue weighted by atomic mass is 10.1. The molecule has 0 aromatic heterocycles. The van der Waals surface area contributed by atoms with Crippen LogP contribution in [0.5, 0.6) is 5.75 Å². The van der Waals surface area contributed by atoms with Crippen molar-refractivity contribution in [2.45, 2.75) is 26.6 Å².